The first-order valence-corrected chi connectivity index (χ1v) is 11.5. The van der Waals surface area contributed by atoms with Crippen molar-refractivity contribution < 1.29 is 33.5 Å². The molecule has 2 aliphatic heterocycles. The number of aliphatic hydroxyl groups is 1. The number of benzene rings is 1. The van der Waals surface area contributed by atoms with Crippen LogP contribution in [0.5, 0.6) is 11.5 Å². The molecular formula is C23H38N2O7. The average molecular weight is 455 g/mol. The lowest BCUT2D eigenvalue weighted by Gasteiger charge is -2.23. The van der Waals surface area contributed by atoms with Crippen molar-refractivity contribution in [1.29, 1.82) is 0 Å². The zero-order chi connectivity index (χ0) is 22.4. The predicted octanol–water partition coefficient (Wildman–Crippen LogP) is 0.805. The lowest BCUT2D eigenvalue weighted by atomic mass is 10.1. The minimum Gasteiger partial charge on any atom is -0.488 e. The molecule has 0 spiro atoms. The molecule has 0 saturated carbocycles. The van der Waals surface area contributed by atoms with Crippen LogP contribution in [-0.2, 0) is 18.9 Å². The molecule has 1 fully saturated rings. The summed E-state index contributed by atoms with van der Waals surface area (Å²) in [7, 11) is 1.59. The summed E-state index contributed by atoms with van der Waals surface area (Å²) in [5.41, 5.74) is 0.856. The zero-order valence-electron chi connectivity index (χ0n) is 19.2. The molecule has 3 atom stereocenters. The number of ether oxygens (including phenoxy) is 6. The topological polar surface area (TPSA) is 82.1 Å². The molecule has 9 nitrogen and oxygen atoms in total. The molecule has 182 valence electrons. The minimum atomic E-state index is -0.396. The third-order valence-corrected chi connectivity index (χ3v) is 5.70. The standard InChI is InChI=1S/C23H38N2O7/c1-27-23(19-26)20-2-3-21-22(18-20)32-15-9-25-5-11-28-10-4-24(8-14-31-21)6-12-29-16-17-30-13-7-25/h2-3,18,23,26H,4-17,19H2,1H3. The van der Waals surface area contributed by atoms with E-state index in [0.717, 1.165) is 44.8 Å². The molecular weight excluding hydrogens is 416 g/mol. The van der Waals surface area contributed by atoms with E-state index in [-0.39, 0.29) is 6.61 Å². The maximum atomic E-state index is 9.60. The smallest absolute Gasteiger partial charge is 0.161 e. The van der Waals surface area contributed by atoms with Crippen molar-refractivity contribution in [3.8, 4) is 11.5 Å². The Labute approximate surface area is 191 Å². The van der Waals surface area contributed by atoms with Gasteiger partial charge in [0.1, 0.15) is 19.3 Å². The highest BCUT2D eigenvalue weighted by molar-refractivity contribution is 5.43. The summed E-state index contributed by atoms with van der Waals surface area (Å²) < 4.78 is 35.0. The third-order valence-electron chi connectivity index (χ3n) is 5.70. The van der Waals surface area contributed by atoms with Crippen molar-refractivity contribution in [2.75, 3.05) is 106 Å². The Morgan fingerprint density at radius 3 is 1.78 bits per heavy atom. The Morgan fingerprint density at radius 1 is 0.750 bits per heavy atom. The van der Waals surface area contributed by atoms with E-state index in [1.165, 1.54) is 0 Å². The second-order valence-corrected chi connectivity index (χ2v) is 7.83. The normalized spacial score (nSPS) is 25.6. The monoisotopic (exact) mass is 454 g/mol. The lowest BCUT2D eigenvalue weighted by molar-refractivity contribution is 0.0298. The molecule has 9 heteroatoms. The zero-order valence-corrected chi connectivity index (χ0v) is 19.2. The van der Waals surface area contributed by atoms with E-state index in [0.29, 0.717) is 64.4 Å². The van der Waals surface area contributed by atoms with Gasteiger partial charge in [-0.25, -0.2) is 0 Å². The first-order chi connectivity index (χ1) is 15.8. The van der Waals surface area contributed by atoms with Gasteiger partial charge in [-0.3, -0.25) is 9.80 Å². The van der Waals surface area contributed by atoms with Gasteiger partial charge in [-0.15, -0.1) is 0 Å². The SMILES string of the molecule is COC(CO)c1ccc2c(c1)OCCN1CCOCCOCCN(CCOCC1)CCO2. The second kappa shape index (κ2) is 14.6. The van der Waals surface area contributed by atoms with E-state index in [4.69, 9.17) is 28.4 Å². The summed E-state index contributed by atoms with van der Waals surface area (Å²) in [6, 6.07) is 5.71. The summed E-state index contributed by atoms with van der Waals surface area (Å²) in [5.74, 6) is 1.36. The van der Waals surface area contributed by atoms with E-state index >= 15 is 0 Å². The van der Waals surface area contributed by atoms with Crippen LogP contribution in [0.1, 0.15) is 11.7 Å². The van der Waals surface area contributed by atoms with E-state index < -0.39 is 6.10 Å². The first kappa shape index (κ1) is 25.2. The van der Waals surface area contributed by atoms with Gasteiger partial charge in [-0.1, -0.05) is 6.07 Å². The van der Waals surface area contributed by atoms with Crippen molar-refractivity contribution in [1.82, 2.24) is 9.80 Å². The predicted molar refractivity (Wildman–Crippen MR) is 120 cm³/mol. The van der Waals surface area contributed by atoms with Gasteiger partial charge in [0.25, 0.3) is 0 Å². The largest absolute Gasteiger partial charge is 0.488 e. The Bertz CT molecular complexity index is 645. The molecule has 2 bridgehead atoms. The molecule has 1 N–H and O–H groups in total. The average Bonchev–Trinajstić information content (AvgIpc) is 2.81. The van der Waals surface area contributed by atoms with E-state index in [1.54, 1.807) is 7.11 Å². The van der Waals surface area contributed by atoms with Crippen LogP contribution < -0.4 is 9.47 Å². The van der Waals surface area contributed by atoms with Crippen molar-refractivity contribution in [3.05, 3.63) is 23.8 Å². The lowest BCUT2D eigenvalue weighted by Crippen LogP contribution is -2.36. The second-order valence-electron chi connectivity index (χ2n) is 7.83. The number of nitrogens with zero attached hydrogens (tertiary/aromatic N) is 2. The van der Waals surface area contributed by atoms with Gasteiger partial charge in [0.05, 0.1) is 46.2 Å². The van der Waals surface area contributed by atoms with Gasteiger partial charge in [0, 0.05) is 46.4 Å². The highest BCUT2D eigenvalue weighted by Gasteiger charge is 2.16. The van der Waals surface area contributed by atoms with E-state index in [1.807, 2.05) is 18.2 Å². The molecule has 1 aromatic rings. The molecule has 3 rings (SSSR count). The van der Waals surface area contributed by atoms with Gasteiger partial charge in [-0.05, 0) is 17.7 Å². The Kier molecular flexibility index (Phi) is 11.5. The third kappa shape index (κ3) is 8.47. The number of hydrogen-bond donors (Lipinski definition) is 1. The van der Waals surface area contributed by atoms with Crippen LogP contribution in [0.4, 0.5) is 0 Å². The summed E-state index contributed by atoms with van der Waals surface area (Å²) in [6.45, 7) is 9.57. The fourth-order valence-corrected chi connectivity index (χ4v) is 3.71. The van der Waals surface area contributed by atoms with Crippen LogP contribution >= 0.6 is 0 Å². The van der Waals surface area contributed by atoms with Crippen molar-refractivity contribution in [2.24, 2.45) is 0 Å². The highest BCUT2D eigenvalue weighted by Crippen LogP contribution is 2.31. The summed E-state index contributed by atoms with van der Waals surface area (Å²) in [4.78, 5) is 4.58. The van der Waals surface area contributed by atoms with Crippen LogP contribution in [0.3, 0.4) is 0 Å². The van der Waals surface area contributed by atoms with Crippen LogP contribution in [0, 0.1) is 0 Å². The van der Waals surface area contributed by atoms with Gasteiger partial charge < -0.3 is 33.5 Å². The van der Waals surface area contributed by atoms with E-state index in [2.05, 4.69) is 9.80 Å². The maximum absolute atomic E-state index is 9.60. The highest BCUT2D eigenvalue weighted by atomic mass is 16.5. The minimum absolute atomic E-state index is 0.0963. The molecule has 32 heavy (non-hydrogen) atoms. The Morgan fingerprint density at radius 2 is 1.25 bits per heavy atom. The fourth-order valence-electron chi connectivity index (χ4n) is 3.71. The molecule has 2 aliphatic rings. The number of rotatable bonds is 3. The van der Waals surface area contributed by atoms with Crippen LogP contribution in [-0.4, -0.2) is 121 Å². The van der Waals surface area contributed by atoms with Crippen LogP contribution in [0.25, 0.3) is 0 Å². The van der Waals surface area contributed by atoms with E-state index in [9.17, 15) is 5.11 Å². The van der Waals surface area contributed by atoms with Crippen molar-refractivity contribution in [2.45, 2.75) is 6.10 Å². The number of hydrogen-bond acceptors (Lipinski definition) is 9. The maximum Gasteiger partial charge on any atom is 0.161 e. The van der Waals surface area contributed by atoms with Gasteiger partial charge in [0.2, 0.25) is 0 Å². The molecule has 1 aromatic carbocycles. The molecule has 2 heterocycles. The Balaban J connectivity index is 1.77. The van der Waals surface area contributed by atoms with Crippen molar-refractivity contribution >= 4 is 0 Å². The number of fused-ring (bicyclic) bond motifs is 7. The van der Waals surface area contributed by atoms with Gasteiger partial charge >= 0.3 is 0 Å². The molecule has 1 saturated heterocycles. The van der Waals surface area contributed by atoms with Gasteiger partial charge in [0.15, 0.2) is 11.5 Å². The molecule has 0 aromatic heterocycles. The van der Waals surface area contributed by atoms with Crippen LogP contribution in [0.2, 0.25) is 0 Å². The fraction of sp³-hybridized carbons (Fsp3) is 0.739. The summed E-state index contributed by atoms with van der Waals surface area (Å²) >= 11 is 0. The number of aliphatic hydroxyl groups excluding tert-OH is 1. The van der Waals surface area contributed by atoms with Crippen molar-refractivity contribution in [3.63, 3.8) is 0 Å². The summed E-state index contributed by atoms with van der Waals surface area (Å²) in [5, 5.41) is 9.60. The molecule has 0 amide bonds. The van der Waals surface area contributed by atoms with Gasteiger partial charge in [-0.2, -0.15) is 0 Å². The molecule has 0 aliphatic carbocycles. The van der Waals surface area contributed by atoms with Crippen LogP contribution in [0.15, 0.2) is 18.2 Å². The first-order valence-electron chi connectivity index (χ1n) is 11.5. The summed E-state index contributed by atoms with van der Waals surface area (Å²) in [6.07, 6.45) is -0.396. The molecule has 3 unspecified atom stereocenters. The number of methoxy groups -OCH3 is 1. The quantitative estimate of drug-likeness (QED) is 0.667. The molecule has 0 radical (unpaired) electrons. The Hall–Kier alpha value is -1.46.